The summed E-state index contributed by atoms with van der Waals surface area (Å²) in [5.41, 5.74) is 5.64. The fraction of sp³-hybridized carbons (Fsp3) is 0.462. The number of anilines is 3. The first-order valence-electron chi connectivity index (χ1n) is 13.0. The number of nitrogens with zero attached hydrogens (tertiary/aromatic N) is 5. The summed E-state index contributed by atoms with van der Waals surface area (Å²) in [5.74, 6) is -1.19. The van der Waals surface area contributed by atoms with E-state index in [4.69, 9.17) is 15.2 Å². The van der Waals surface area contributed by atoms with Crippen molar-refractivity contribution in [3.05, 3.63) is 42.1 Å². The van der Waals surface area contributed by atoms with E-state index < -0.39 is 29.5 Å². The molecule has 40 heavy (non-hydrogen) atoms. The number of nitrogens with two attached hydrogens (primary N) is 1. The second kappa shape index (κ2) is 11.7. The number of halogens is 1. The number of alkyl carbamates (subject to hydrolysis) is 1. The molecule has 0 radical (unpaired) electrons. The minimum atomic E-state index is -0.866. The quantitative estimate of drug-likeness (QED) is 0.274. The number of aromatic nitrogens is 5. The first-order valence-corrected chi connectivity index (χ1v) is 13.0. The van der Waals surface area contributed by atoms with Gasteiger partial charge in [0.15, 0.2) is 11.6 Å². The second-order valence-corrected chi connectivity index (χ2v) is 10.5. The zero-order chi connectivity index (χ0) is 29.0. The van der Waals surface area contributed by atoms with Crippen LogP contribution in [0.1, 0.15) is 57.8 Å². The Balaban J connectivity index is 1.62. The maximum absolute atomic E-state index is 15.2. The van der Waals surface area contributed by atoms with E-state index in [1.54, 1.807) is 33.0 Å². The Morgan fingerprint density at radius 2 is 2.00 bits per heavy atom. The van der Waals surface area contributed by atoms with Gasteiger partial charge >= 0.3 is 6.09 Å². The molecule has 3 aromatic heterocycles. The third-order valence-corrected chi connectivity index (χ3v) is 6.00. The topological polar surface area (TPSA) is 171 Å². The molecule has 0 aliphatic heterocycles. The van der Waals surface area contributed by atoms with Crippen LogP contribution in [0.2, 0.25) is 0 Å². The maximum atomic E-state index is 15.2. The number of nitrogens with one attached hydrogen (secondary N) is 3. The van der Waals surface area contributed by atoms with Gasteiger partial charge in [0.05, 0.1) is 42.5 Å². The van der Waals surface area contributed by atoms with Crippen LogP contribution in [-0.4, -0.2) is 61.3 Å². The van der Waals surface area contributed by atoms with Crippen molar-refractivity contribution in [1.29, 1.82) is 0 Å². The normalized spacial score (nSPS) is 14.7. The fourth-order valence-electron chi connectivity index (χ4n) is 4.12. The SMILES string of the molecule is CCOc1ncc(Nc2nc(NC(C3CC3)[C@H](C)NC(=O)OC(C)(C)C)c(F)cc2C(N)=O)cc1-n1ccnn1. The van der Waals surface area contributed by atoms with Crippen LogP contribution in [0.15, 0.2) is 30.7 Å². The summed E-state index contributed by atoms with van der Waals surface area (Å²) in [7, 11) is 0. The Hall–Kier alpha value is -4.49. The number of carbonyl (C=O) groups excluding carboxylic acids is 2. The van der Waals surface area contributed by atoms with Crippen molar-refractivity contribution in [2.75, 3.05) is 17.2 Å². The molecular weight excluding hydrogens is 521 g/mol. The molecule has 0 saturated heterocycles. The molecule has 13 nitrogen and oxygen atoms in total. The van der Waals surface area contributed by atoms with Crippen LogP contribution >= 0.6 is 0 Å². The van der Waals surface area contributed by atoms with Crippen LogP contribution in [0, 0.1) is 11.7 Å². The van der Waals surface area contributed by atoms with Crippen molar-refractivity contribution in [3.8, 4) is 11.6 Å². The lowest BCUT2D eigenvalue weighted by Crippen LogP contribution is -2.47. The molecule has 0 aromatic carbocycles. The van der Waals surface area contributed by atoms with E-state index in [-0.39, 0.29) is 29.2 Å². The van der Waals surface area contributed by atoms with Crippen molar-refractivity contribution in [2.45, 2.75) is 65.1 Å². The monoisotopic (exact) mass is 555 g/mol. The average Bonchev–Trinajstić information content (AvgIpc) is 3.55. The van der Waals surface area contributed by atoms with Crippen molar-refractivity contribution in [1.82, 2.24) is 30.3 Å². The highest BCUT2D eigenvalue weighted by Crippen LogP contribution is 2.36. The van der Waals surface area contributed by atoms with Gasteiger partial charge in [-0.25, -0.2) is 23.8 Å². The summed E-state index contributed by atoms with van der Waals surface area (Å²) in [4.78, 5) is 33.2. The van der Waals surface area contributed by atoms with Gasteiger partial charge in [-0.3, -0.25) is 4.79 Å². The Labute approximate surface area is 231 Å². The van der Waals surface area contributed by atoms with Crippen molar-refractivity contribution in [2.24, 2.45) is 11.7 Å². The van der Waals surface area contributed by atoms with Crippen LogP contribution in [0.5, 0.6) is 5.88 Å². The van der Waals surface area contributed by atoms with E-state index in [0.29, 0.717) is 23.9 Å². The molecule has 2 amide bonds. The lowest BCUT2D eigenvalue weighted by Gasteiger charge is -2.28. The van der Waals surface area contributed by atoms with Crippen LogP contribution in [-0.2, 0) is 4.74 Å². The van der Waals surface area contributed by atoms with E-state index >= 15 is 4.39 Å². The lowest BCUT2D eigenvalue weighted by atomic mass is 10.0. The van der Waals surface area contributed by atoms with Crippen molar-refractivity contribution in [3.63, 3.8) is 0 Å². The molecule has 1 saturated carbocycles. The molecule has 14 heteroatoms. The van der Waals surface area contributed by atoms with Crippen molar-refractivity contribution < 1.29 is 23.5 Å². The van der Waals surface area contributed by atoms with Gasteiger partial charge in [-0.05, 0) is 65.5 Å². The molecule has 2 atom stereocenters. The Bertz CT molecular complexity index is 1360. The smallest absolute Gasteiger partial charge is 0.407 e. The molecule has 214 valence electrons. The van der Waals surface area contributed by atoms with Gasteiger partial charge in [-0.2, -0.15) is 0 Å². The van der Waals surface area contributed by atoms with E-state index in [0.717, 1.165) is 18.9 Å². The summed E-state index contributed by atoms with van der Waals surface area (Å²) in [6.45, 7) is 9.34. The largest absolute Gasteiger partial charge is 0.476 e. The van der Waals surface area contributed by atoms with Gasteiger partial charge < -0.3 is 31.2 Å². The third-order valence-electron chi connectivity index (χ3n) is 6.00. The van der Waals surface area contributed by atoms with E-state index in [2.05, 4.69) is 36.2 Å². The van der Waals surface area contributed by atoms with Gasteiger partial charge in [0, 0.05) is 6.04 Å². The molecule has 1 fully saturated rings. The van der Waals surface area contributed by atoms with Gasteiger partial charge in [-0.1, -0.05) is 5.21 Å². The number of hydrogen-bond acceptors (Lipinski definition) is 10. The molecule has 3 heterocycles. The minimum absolute atomic E-state index is 0.0224. The highest BCUT2D eigenvalue weighted by atomic mass is 19.1. The van der Waals surface area contributed by atoms with Crippen LogP contribution in [0.25, 0.3) is 5.69 Å². The predicted molar refractivity (Wildman–Crippen MR) is 145 cm³/mol. The number of ether oxygens (including phenoxy) is 2. The summed E-state index contributed by atoms with van der Waals surface area (Å²) in [6, 6.07) is 1.95. The molecular formula is C26H34FN9O4. The van der Waals surface area contributed by atoms with Crippen LogP contribution < -0.4 is 26.4 Å². The number of primary amides is 1. The van der Waals surface area contributed by atoms with Gasteiger partial charge in [0.2, 0.25) is 5.88 Å². The Morgan fingerprint density at radius 1 is 1.25 bits per heavy atom. The minimum Gasteiger partial charge on any atom is -0.476 e. The maximum Gasteiger partial charge on any atom is 0.407 e. The van der Waals surface area contributed by atoms with E-state index in [1.807, 2.05) is 13.8 Å². The summed E-state index contributed by atoms with van der Waals surface area (Å²) in [5, 5.41) is 16.8. The molecule has 0 bridgehead atoms. The van der Waals surface area contributed by atoms with Crippen molar-refractivity contribution >= 4 is 29.3 Å². The standard InChI is InChI=1S/C26H34FN9O4/c1-6-39-24-19(36-10-9-30-35-36)11-16(13-29-24)32-22-17(21(28)37)12-18(27)23(34-22)33-20(15-7-8-15)14(2)31-25(38)40-26(3,4)5/h9-15,20H,6-8H2,1-5H3,(H2,28,37)(H,31,38)(H2,32,33,34)/t14-,20?/m0/s1. The summed E-state index contributed by atoms with van der Waals surface area (Å²) in [6.07, 6.45) is 5.86. The lowest BCUT2D eigenvalue weighted by molar-refractivity contribution is 0.0501. The molecule has 4 rings (SSSR count). The number of carbonyl (C=O) groups is 2. The first kappa shape index (κ1) is 28.5. The summed E-state index contributed by atoms with van der Waals surface area (Å²) < 4.78 is 27.6. The van der Waals surface area contributed by atoms with Gasteiger partial charge in [-0.15, -0.1) is 5.10 Å². The first-order chi connectivity index (χ1) is 18.9. The van der Waals surface area contributed by atoms with Crippen LogP contribution in [0.3, 0.4) is 0 Å². The predicted octanol–water partition coefficient (Wildman–Crippen LogP) is 3.54. The Morgan fingerprint density at radius 3 is 2.60 bits per heavy atom. The molecule has 1 aliphatic carbocycles. The summed E-state index contributed by atoms with van der Waals surface area (Å²) >= 11 is 0. The number of pyridine rings is 2. The van der Waals surface area contributed by atoms with E-state index in [9.17, 15) is 9.59 Å². The molecule has 5 N–H and O–H groups in total. The zero-order valence-corrected chi connectivity index (χ0v) is 23.1. The Kier molecular flexibility index (Phi) is 8.35. The zero-order valence-electron chi connectivity index (χ0n) is 23.1. The number of rotatable bonds is 11. The van der Waals surface area contributed by atoms with Gasteiger partial charge in [0.1, 0.15) is 17.1 Å². The highest BCUT2D eigenvalue weighted by Gasteiger charge is 2.37. The molecule has 1 aliphatic rings. The second-order valence-electron chi connectivity index (χ2n) is 10.5. The van der Waals surface area contributed by atoms with Crippen LogP contribution in [0.4, 0.5) is 26.5 Å². The van der Waals surface area contributed by atoms with Gasteiger partial charge in [0.25, 0.3) is 5.91 Å². The highest BCUT2D eigenvalue weighted by molar-refractivity contribution is 5.98. The molecule has 3 aromatic rings. The fourth-order valence-corrected chi connectivity index (χ4v) is 4.12. The third kappa shape index (κ3) is 7.12. The molecule has 1 unspecified atom stereocenters. The molecule has 0 spiro atoms. The van der Waals surface area contributed by atoms with E-state index in [1.165, 1.54) is 17.1 Å². The average molecular weight is 556 g/mol. The number of amides is 2. The number of hydrogen-bond donors (Lipinski definition) is 4.